The Morgan fingerprint density at radius 1 is 1.24 bits per heavy atom. The summed E-state index contributed by atoms with van der Waals surface area (Å²) < 4.78 is 66.8. The van der Waals surface area contributed by atoms with Gasteiger partial charge >= 0.3 is 23.5 Å². The second-order valence-corrected chi connectivity index (χ2v) is 11.4. The third kappa shape index (κ3) is 6.15. The first-order chi connectivity index (χ1) is 15.5. The molecule has 22 heteroatoms. The molecule has 1 saturated heterocycles. The zero-order valence-corrected chi connectivity index (χ0v) is 19.5. The molecule has 1 fully saturated rings. The number of aromatic amines is 1. The van der Waals surface area contributed by atoms with E-state index in [4.69, 9.17) is 25.2 Å². The van der Waals surface area contributed by atoms with E-state index in [1.165, 1.54) is 11.5 Å². The van der Waals surface area contributed by atoms with Crippen molar-refractivity contribution in [3.8, 4) is 0 Å². The topological polar surface area (TPSA) is 279 Å². The zero-order valence-electron chi connectivity index (χ0n) is 16.8. The van der Waals surface area contributed by atoms with Crippen LogP contribution in [0.5, 0.6) is 0 Å². The Morgan fingerprint density at radius 2 is 1.88 bits per heavy atom. The molecule has 1 aliphatic heterocycles. The van der Waals surface area contributed by atoms with Gasteiger partial charge in [0.25, 0.3) is 5.56 Å². The van der Waals surface area contributed by atoms with E-state index in [2.05, 4.69) is 28.1 Å². The highest BCUT2D eigenvalue weighted by molar-refractivity contribution is 7.66. The molecule has 0 aliphatic carbocycles. The van der Waals surface area contributed by atoms with Gasteiger partial charge in [-0.2, -0.15) is 13.6 Å². The van der Waals surface area contributed by atoms with Gasteiger partial charge in [-0.15, -0.1) is 0 Å². The molecule has 3 rings (SSSR count). The van der Waals surface area contributed by atoms with E-state index in [1.54, 1.807) is 0 Å². The van der Waals surface area contributed by atoms with Crippen molar-refractivity contribution in [1.29, 1.82) is 0 Å². The van der Waals surface area contributed by atoms with E-state index in [0.717, 1.165) is 6.33 Å². The Labute approximate surface area is 187 Å². The maximum atomic E-state index is 14.7. The van der Waals surface area contributed by atoms with Crippen LogP contribution in [0.2, 0.25) is 0 Å². The molecule has 0 saturated carbocycles. The first-order valence-electron chi connectivity index (χ1n) is 8.98. The molecule has 1 aliphatic rings. The van der Waals surface area contributed by atoms with Crippen LogP contribution in [0.4, 0.5) is 10.3 Å². The monoisotopic (exact) mass is 553 g/mol. The lowest BCUT2D eigenvalue weighted by atomic mass is 9.92. The Bertz CT molecular complexity index is 1260. The van der Waals surface area contributed by atoms with Crippen molar-refractivity contribution < 1.29 is 60.6 Å². The van der Waals surface area contributed by atoms with Crippen LogP contribution in [-0.2, 0) is 31.6 Å². The van der Waals surface area contributed by atoms with Gasteiger partial charge < -0.3 is 35.2 Å². The Hall–Kier alpha value is -1.59. The summed E-state index contributed by atoms with van der Waals surface area (Å²) in [7, 11) is -16.9. The number of aromatic nitrogens is 4. The van der Waals surface area contributed by atoms with Gasteiger partial charge in [-0.05, 0) is 0 Å². The Morgan fingerprint density at radius 3 is 2.50 bits per heavy atom. The number of alkyl halides is 1. The first-order valence-corrected chi connectivity index (χ1v) is 13.5. The lowest BCUT2D eigenvalue weighted by Crippen LogP contribution is -2.51. The molecular formula is C12H19FN5O13P3. The number of phosphoric ester groups is 1. The largest absolute Gasteiger partial charge is 0.490 e. The smallest absolute Gasteiger partial charge is 0.390 e. The lowest BCUT2D eigenvalue weighted by molar-refractivity contribution is -0.207. The quantitative estimate of drug-likeness (QED) is 0.199. The summed E-state index contributed by atoms with van der Waals surface area (Å²) in [5, 5.41) is 10.3. The number of fused-ring (bicyclic) bond motifs is 1. The third-order valence-corrected chi connectivity index (χ3v) is 8.33. The second-order valence-electron chi connectivity index (χ2n) is 7.02. The highest BCUT2D eigenvalue weighted by atomic mass is 31.3. The molecule has 8 N–H and O–H groups in total. The number of aliphatic hydroxyl groups is 1. The number of aliphatic hydroxyl groups excluding tert-OH is 1. The van der Waals surface area contributed by atoms with E-state index in [0.29, 0.717) is 0 Å². The molecule has 0 aromatic carbocycles. The van der Waals surface area contributed by atoms with Crippen LogP contribution in [0.25, 0.3) is 11.2 Å². The van der Waals surface area contributed by atoms with Crippen molar-refractivity contribution >= 4 is 40.6 Å². The lowest BCUT2D eigenvalue weighted by Gasteiger charge is -2.40. The predicted octanol–water partition coefficient (Wildman–Crippen LogP) is -0.722. The number of ether oxygens (including phenoxy) is 1. The summed E-state index contributed by atoms with van der Waals surface area (Å²) in [6.07, 6.45) is -5.84. The molecule has 2 aromatic rings. The molecule has 0 bridgehead atoms. The first kappa shape index (κ1) is 27.0. The van der Waals surface area contributed by atoms with Crippen molar-refractivity contribution in [2.45, 2.75) is 31.5 Å². The molecule has 3 unspecified atom stereocenters. The molecule has 3 heterocycles. The summed E-state index contributed by atoms with van der Waals surface area (Å²) in [5.74, 6) is -1.24. The van der Waals surface area contributed by atoms with E-state index in [9.17, 15) is 32.9 Å². The number of hydrogen-bond donors (Lipinski definition) is 7. The van der Waals surface area contributed by atoms with Crippen molar-refractivity contribution in [2.75, 3.05) is 12.3 Å². The van der Waals surface area contributed by atoms with Crippen LogP contribution in [0.3, 0.4) is 0 Å². The van der Waals surface area contributed by atoms with Crippen LogP contribution in [0, 0.1) is 5.92 Å². The van der Waals surface area contributed by atoms with Gasteiger partial charge in [-0.1, -0.05) is 6.92 Å². The fraction of sp³-hybridized carbons (Fsp3) is 0.583. The van der Waals surface area contributed by atoms with Gasteiger partial charge in [-0.3, -0.25) is 18.9 Å². The number of anilines is 1. The number of H-pyrrole nitrogens is 1. The van der Waals surface area contributed by atoms with Crippen LogP contribution in [-0.4, -0.2) is 69.2 Å². The number of nitrogens with zero attached hydrogens (tertiary/aromatic N) is 3. The van der Waals surface area contributed by atoms with E-state index in [-0.39, 0.29) is 17.1 Å². The fourth-order valence-corrected chi connectivity index (χ4v) is 6.14. The highest BCUT2D eigenvalue weighted by Crippen LogP contribution is 2.66. The summed E-state index contributed by atoms with van der Waals surface area (Å²) in [4.78, 5) is 57.8. The number of imidazole rings is 1. The van der Waals surface area contributed by atoms with Gasteiger partial charge in [0.1, 0.15) is 12.3 Å². The predicted molar refractivity (Wildman–Crippen MR) is 106 cm³/mol. The van der Waals surface area contributed by atoms with E-state index < -0.39 is 66.2 Å². The van der Waals surface area contributed by atoms with Gasteiger partial charge in [0, 0.05) is 5.92 Å². The highest BCUT2D eigenvalue weighted by Gasteiger charge is 2.47. The molecule has 192 valence electrons. The van der Waals surface area contributed by atoms with Gasteiger partial charge in [-0.25, -0.2) is 23.1 Å². The number of nitrogen functional groups attached to an aromatic ring is 1. The summed E-state index contributed by atoms with van der Waals surface area (Å²) >= 11 is 0. The molecule has 7 atom stereocenters. The molecule has 0 amide bonds. The van der Waals surface area contributed by atoms with E-state index in [1.807, 2.05) is 0 Å². The van der Waals surface area contributed by atoms with Crippen LogP contribution in [0.15, 0.2) is 11.1 Å². The fourth-order valence-electron chi connectivity index (χ4n) is 3.11. The van der Waals surface area contributed by atoms with Crippen molar-refractivity contribution in [3.05, 3.63) is 16.7 Å². The molecule has 34 heavy (non-hydrogen) atoms. The number of phosphoric acid groups is 3. The maximum absolute atomic E-state index is 14.7. The molecule has 18 nitrogen and oxygen atoms in total. The molecule has 2 aromatic heterocycles. The van der Waals surface area contributed by atoms with Gasteiger partial charge in [0.05, 0.1) is 19.0 Å². The molecular weight excluding hydrogens is 534 g/mol. The summed E-state index contributed by atoms with van der Waals surface area (Å²) in [5.41, 5.74) is 4.62. The maximum Gasteiger partial charge on any atom is 0.490 e. The SMILES string of the molecule is C[C@@H]1C(O)[C@H](F)[C@@H](COP(=O)(O)OP(=O)(O)OP(=O)(O)O)O[C@H]1n1cnc2c(=O)[nH]c(N)nc21. The van der Waals surface area contributed by atoms with Crippen molar-refractivity contribution in [1.82, 2.24) is 19.5 Å². The summed E-state index contributed by atoms with van der Waals surface area (Å²) in [6.45, 7) is 0.247. The number of hydrogen-bond acceptors (Lipinski definition) is 12. The normalized spacial score (nSPS) is 29.6. The third-order valence-electron chi connectivity index (χ3n) is 4.53. The summed E-state index contributed by atoms with van der Waals surface area (Å²) in [6, 6.07) is 0. The molecule has 0 spiro atoms. The van der Waals surface area contributed by atoms with Crippen LogP contribution < -0.4 is 11.3 Å². The standard InChI is InChI=1S/C12H19FN5O13P3/c1-4-8(19)6(13)5(2-28-33(24,25)31-34(26,27)30-32(21,22)23)29-11(4)18-3-15-7-9(18)16-12(14)17-10(7)20/h3-6,8,11,19H,2H2,1H3,(H,24,25)(H,26,27)(H2,21,22,23)(H3,14,16,17,20)/t4-,5-,6-,8?,11-/m1/s1. The minimum absolute atomic E-state index is 0.0748. The minimum Gasteiger partial charge on any atom is -0.390 e. The Kier molecular flexibility index (Phi) is 7.51. The van der Waals surface area contributed by atoms with Crippen molar-refractivity contribution in [2.24, 2.45) is 5.92 Å². The zero-order chi connectivity index (χ0) is 25.6. The van der Waals surface area contributed by atoms with Gasteiger partial charge in [0.15, 0.2) is 17.3 Å². The van der Waals surface area contributed by atoms with Crippen molar-refractivity contribution in [3.63, 3.8) is 0 Å². The molecule has 0 radical (unpaired) electrons. The minimum atomic E-state index is -5.78. The number of nitrogens with one attached hydrogen (secondary N) is 1. The van der Waals surface area contributed by atoms with Crippen LogP contribution in [0.1, 0.15) is 13.2 Å². The van der Waals surface area contributed by atoms with Crippen LogP contribution >= 0.6 is 23.5 Å². The second kappa shape index (κ2) is 9.46. The van der Waals surface area contributed by atoms with Gasteiger partial charge in [0.2, 0.25) is 5.95 Å². The van der Waals surface area contributed by atoms with E-state index >= 15 is 0 Å². The average Bonchev–Trinajstić information content (AvgIpc) is 3.06. The number of halogens is 1. The number of rotatable bonds is 8. The number of nitrogens with two attached hydrogens (primary N) is 1. The average molecular weight is 553 g/mol. The Balaban J connectivity index is 1.80.